The van der Waals surface area contributed by atoms with Crippen molar-refractivity contribution in [2.75, 3.05) is 0 Å². The van der Waals surface area contributed by atoms with E-state index in [9.17, 15) is 5.21 Å². The Morgan fingerprint density at radius 1 is 0.941 bits per heavy atom. The van der Waals surface area contributed by atoms with Crippen LogP contribution in [0.3, 0.4) is 0 Å². The fraction of sp³-hybridized carbons (Fsp3) is 0.867. The maximum absolute atomic E-state index is 10.8. The summed E-state index contributed by atoms with van der Waals surface area (Å²) in [5.74, 6) is 0. The Morgan fingerprint density at radius 3 is 2.06 bits per heavy atom. The van der Waals surface area contributed by atoms with E-state index < -0.39 is 0 Å². The molecule has 0 saturated heterocycles. The normalized spacial score (nSPS) is 32.0. The van der Waals surface area contributed by atoms with E-state index in [2.05, 4.69) is 13.0 Å². The van der Waals surface area contributed by atoms with Gasteiger partial charge in [0.15, 0.2) is 0 Å². The standard InChI is InChI=1S/C15H25NO/c1-13-12-14(8-4-2-5-9-14)16(17)15(13)10-6-3-7-11-15/h12,17H,2-11H2,1H3. The van der Waals surface area contributed by atoms with E-state index in [1.165, 1.54) is 44.1 Å². The van der Waals surface area contributed by atoms with Crippen molar-refractivity contribution in [3.8, 4) is 0 Å². The number of hydrogen-bond acceptors (Lipinski definition) is 2. The molecule has 3 rings (SSSR count). The second kappa shape index (κ2) is 4.10. The van der Waals surface area contributed by atoms with Crippen LogP contribution >= 0.6 is 0 Å². The van der Waals surface area contributed by atoms with E-state index in [0.29, 0.717) is 0 Å². The molecule has 0 atom stereocenters. The highest BCUT2D eigenvalue weighted by Crippen LogP contribution is 2.51. The van der Waals surface area contributed by atoms with Gasteiger partial charge in [0.25, 0.3) is 0 Å². The average molecular weight is 235 g/mol. The molecule has 0 aromatic rings. The van der Waals surface area contributed by atoms with Crippen molar-refractivity contribution in [2.24, 2.45) is 0 Å². The maximum atomic E-state index is 10.8. The lowest BCUT2D eigenvalue weighted by molar-refractivity contribution is -0.219. The van der Waals surface area contributed by atoms with Crippen LogP contribution in [0.15, 0.2) is 11.6 Å². The molecule has 2 spiro atoms. The lowest BCUT2D eigenvalue weighted by atomic mass is 9.78. The molecule has 2 heteroatoms. The molecule has 3 aliphatic rings. The summed E-state index contributed by atoms with van der Waals surface area (Å²) in [6.45, 7) is 2.25. The Hall–Kier alpha value is -0.340. The summed E-state index contributed by atoms with van der Waals surface area (Å²) in [6.07, 6.45) is 14.8. The van der Waals surface area contributed by atoms with E-state index in [4.69, 9.17) is 0 Å². The van der Waals surface area contributed by atoms with Crippen LogP contribution < -0.4 is 0 Å². The van der Waals surface area contributed by atoms with Crippen molar-refractivity contribution >= 4 is 0 Å². The van der Waals surface area contributed by atoms with Gasteiger partial charge in [-0.15, -0.1) is 0 Å². The lowest BCUT2D eigenvalue weighted by Crippen LogP contribution is -2.55. The van der Waals surface area contributed by atoms with E-state index >= 15 is 0 Å². The summed E-state index contributed by atoms with van der Waals surface area (Å²) >= 11 is 0. The molecule has 17 heavy (non-hydrogen) atoms. The molecule has 2 nitrogen and oxygen atoms in total. The molecule has 0 bridgehead atoms. The molecule has 1 aliphatic heterocycles. The van der Waals surface area contributed by atoms with Crippen molar-refractivity contribution in [3.63, 3.8) is 0 Å². The van der Waals surface area contributed by atoms with E-state index in [0.717, 1.165) is 25.7 Å². The van der Waals surface area contributed by atoms with E-state index in [1.54, 1.807) is 5.06 Å². The summed E-state index contributed by atoms with van der Waals surface area (Å²) in [6, 6.07) is 0. The number of nitrogens with zero attached hydrogens (tertiary/aromatic N) is 1. The van der Waals surface area contributed by atoms with Gasteiger partial charge in [0.2, 0.25) is 0 Å². The number of rotatable bonds is 0. The first-order valence-corrected chi connectivity index (χ1v) is 7.39. The largest absolute Gasteiger partial charge is 0.312 e. The van der Waals surface area contributed by atoms with Crippen molar-refractivity contribution in [3.05, 3.63) is 11.6 Å². The smallest absolute Gasteiger partial charge is 0.0676 e. The van der Waals surface area contributed by atoms with Crippen LogP contribution in [0, 0.1) is 0 Å². The van der Waals surface area contributed by atoms with Crippen LogP contribution in [-0.2, 0) is 0 Å². The molecule has 2 fully saturated rings. The van der Waals surface area contributed by atoms with Crippen LogP contribution in [0.2, 0.25) is 0 Å². The highest BCUT2D eigenvalue weighted by Gasteiger charge is 2.53. The molecule has 0 radical (unpaired) electrons. The average Bonchev–Trinajstić information content (AvgIpc) is 2.55. The summed E-state index contributed by atoms with van der Waals surface area (Å²) in [5, 5.41) is 12.6. The molecule has 0 amide bonds. The highest BCUT2D eigenvalue weighted by molar-refractivity contribution is 5.32. The first kappa shape index (κ1) is 11.7. The monoisotopic (exact) mass is 235 g/mol. The van der Waals surface area contributed by atoms with Crippen LogP contribution in [0.5, 0.6) is 0 Å². The Balaban J connectivity index is 1.91. The molecule has 2 aliphatic carbocycles. The minimum absolute atomic E-state index is 0.000324. The molecule has 1 N–H and O–H groups in total. The van der Waals surface area contributed by atoms with Crippen LogP contribution in [-0.4, -0.2) is 21.3 Å². The van der Waals surface area contributed by atoms with Gasteiger partial charge in [0.05, 0.1) is 11.1 Å². The molecule has 0 unspecified atom stereocenters. The summed E-state index contributed by atoms with van der Waals surface area (Å²) in [5.41, 5.74) is 1.46. The van der Waals surface area contributed by atoms with Gasteiger partial charge in [-0.3, -0.25) is 0 Å². The van der Waals surface area contributed by atoms with Gasteiger partial charge in [-0.1, -0.05) is 50.2 Å². The van der Waals surface area contributed by atoms with Crippen molar-refractivity contribution in [2.45, 2.75) is 82.2 Å². The summed E-state index contributed by atoms with van der Waals surface area (Å²) in [7, 11) is 0. The second-order valence-electron chi connectivity index (χ2n) is 6.40. The van der Waals surface area contributed by atoms with E-state index in [1.807, 2.05) is 0 Å². The van der Waals surface area contributed by atoms with Gasteiger partial charge >= 0.3 is 0 Å². The van der Waals surface area contributed by atoms with Crippen molar-refractivity contribution in [1.29, 1.82) is 0 Å². The van der Waals surface area contributed by atoms with Gasteiger partial charge in [0.1, 0.15) is 0 Å². The van der Waals surface area contributed by atoms with Gasteiger partial charge in [-0.05, 0) is 32.6 Å². The van der Waals surface area contributed by atoms with Crippen molar-refractivity contribution < 1.29 is 5.21 Å². The predicted molar refractivity (Wildman–Crippen MR) is 69.0 cm³/mol. The quantitative estimate of drug-likeness (QED) is 0.640. The van der Waals surface area contributed by atoms with E-state index in [-0.39, 0.29) is 11.1 Å². The summed E-state index contributed by atoms with van der Waals surface area (Å²) in [4.78, 5) is 0. The first-order chi connectivity index (χ1) is 8.20. The van der Waals surface area contributed by atoms with Gasteiger partial charge in [-0.25, -0.2) is 0 Å². The first-order valence-electron chi connectivity index (χ1n) is 7.39. The van der Waals surface area contributed by atoms with Crippen LogP contribution in [0.4, 0.5) is 0 Å². The molecule has 0 aromatic carbocycles. The third-order valence-corrected chi connectivity index (χ3v) is 5.45. The van der Waals surface area contributed by atoms with Gasteiger partial charge in [0, 0.05) is 0 Å². The number of hydrogen-bond donors (Lipinski definition) is 1. The topological polar surface area (TPSA) is 23.5 Å². The van der Waals surface area contributed by atoms with Gasteiger partial charge < -0.3 is 5.21 Å². The molecular formula is C15H25NO. The minimum Gasteiger partial charge on any atom is -0.312 e. The zero-order chi connectivity index (χ0) is 11.9. The number of hydroxylamine groups is 2. The Bertz CT molecular complexity index is 322. The Kier molecular flexibility index (Phi) is 2.83. The van der Waals surface area contributed by atoms with Crippen LogP contribution in [0.1, 0.15) is 71.1 Å². The second-order valence-corrected chi connectivity index (χ2v) is 6.40. The zero-order valence-electron chi connectivity index (χ0n) is 11.0. The minimum atomic E-state index is -0.000324. The third kappa shape index (κ3) is 1.61. The fourth-order valence-electron chi connectivity index (χ4n) is 4.45. The Morgan fingerprint density at radius 2 is 1.47 bits per heavy atom. The predicted octanol–water partition coefficient (Wildman–Crippen LogP) is 4.04. The Labute approximate surface area is 105 Å². The zero-order valence-corrected chi connectivity index (χ0v) is 11.0. The lowest BCUT2D eigenvalue weighted by Gasteiger charge is -2.47. The molecule has 0 aromatic heterocycles. The summed E-state index contributed by atoms with van der Waals surface area (Å²) < 4.78 is 0. The van der Waals surface area contributed by atoms with Crippen LogP contribution in [0.25, 0.3) is 0 Å². The van der Waals surface area contributed by atoms with Gasteiger partial charge in [-0.2, -0.15) is 5.06 Å². The molecule has 1 heterocycles. The third-order valence-electron chi connectivity index (χ3n) is 5.45. The SMILES string of the molecule is CC1=CC2(CCCCC2)N(O)C12CCCCC2. The highest BCUT2D eigenvalue weighted by atomic mass is 16.5. The maximum Gasteiger partial charge on any atom is 0.0676 e. The molecule has 96 valence electrons. The fourth-order valence-corrected chi connectivity index (χ4v) is 4.45. The van der Waals surface area contributed by atoms with Crippen molar-refractivity contribution in [1.82, 2.24) is 5.06 Å². The molecule has 2 saturated carbocycles. The molecular weight excluding hydrogens is 210 g/mol.